The van der Waals surface area contributed by atoms with Gasteiger partial charge in [-0.15, -0.1) is 0 Å². The fraction of sp³-hybridized carbons (Fsp3) is 0.462. The van der Waals surface area contributed by atoms with Gasteiger partial charge in [-0.3, -0.25) is 10.1 Å². The maximum atomic E-state index is 10.9. The number of hydrogen-bond acceptors (Lipinski definition) is 5. The molecule has 7 nitrogen and oxygen atoms in total. The van der Waals surface area contributed by atoms with Crippen molar-refractivity contribution < 1.29 is 19.6 Å². The molecule has 2 rings (SSSR count). The van der Waals surface area contributed by atoms with Crippen molar-refractivity contribution in [3.63, 3.8) is 0 Å². The van der Waals surface area contributed by atoms with Gasteiger partial charge in [0.05, 0.1) is 11.0 Å². The third-order valence-corrected chi connectivity index (χ3v) is 3.36. The molecule has 20 heavy (non-hydrogen) atoms. The van der Waals surface area contributed by atoms with Crippen LogP contribution >= 0.6 is 0 Å². The second-order valence-corrected chi connectivity index (χ2v) is 4.86. The summed E-state index contributed by atoms with van der Waals surface area (Å²) in [6.45, 7) is 1.83. The number of ether oxygens (including phenoxy) is 1. The highest BCUT2D eigenvalue weighted by Crippen LogP contribution is 2.26. The number of likely N-dealkylation sites (tertiary alicyclic amines) is 1. The first-order valence-corrected chi connectivity index (χ1v) is 6.34. The van der Waals surface area contributed by atoms with Crippen molar-refractivity contribution in [1.82, 2.24) is 4.90 Å². The zero-order valence-corrected chi connectivity index (χ0v) is 11.1. The quantitative estimate of drug-likeness (QED) is 0.667. The highest BCUT2D eigenvalue weighted by atomic mass is 16.6. The van der Waals surface area contributed by atoms with Gasteiger partial charge < -0.3 is 14.7 Å². The van der Waals surface area contributed by atoms with E-state index in [1.54, 1.807) is 0 Å². The molecule has 0 saturated carbocycles. The van der Waals surface area contributed by atoms with Gasteiger partial charge >= 0.3 is 5.97 Å². The first kappa shape index (κ1) is 14.3. The van der Waals surface area contributed by atoms with Gasteiger partial charge in [0.1, 0.15) is 17.4 Å². The Morgan fingerprint density at radius 3 is 2.65 bits per heavy atom. The van der Waals surface area contributed by atoms with E-state index in [0.717, 1.165) is 25.9 Å². The minimum atomic E-state index is -1.32. The number of carboxylic acids is 1. The summed E-state index contributed by atoms with van der Waals surface area (Å²) in [5.41, 5.74) is -0.770. The number of hydrogen-bond donors (Lipinski definition) is 1. The van der Waals surface area contributed by atoms with E-state index in [1.807, 2.05) is 7.05 Å². The highest BCUT2D eigenvalue weighted by molar-refractivity contribution is 5.92. The Morgan fingerprint density at radius 1 is 1.45 bits per heavy atom. The summed E-state index contributed by atoms with van der Waals surface area (Å²) in [5, 5.41) is 19.8. The number of carboxylic acid groups (broad SMARTS) is 1. The predicted octanol–water partition coefficient (Wildman–Crippen LogP) is 1.77. The number of carbonyl (C=O) groups is 1. The van der Waals surface area contributed by atoms with Crippen LogP contribution in [0.25, 0.3) is 0 Å². The maximum absolute atomic E-state index is 10.9. The molecule has 0 aliphatic carbocycles. The molecule has 1 aliphatic heterocycles. The van der Waals surface area contributed by atoms with Crippen molar-refractivity contribution in [2.24, 2.45) is 0 Å². The Labute approximate surface area is 115 Å². The van der Waals surface area contributed by atoms with Gasteiger partial charge in [0.15, 0.2) is 0 Å². The molecule has 0 radical (unpaired) electrons. The molecule has 0 bridgehead atoms. The summed E-state index contributed by atoms with van der Waals surface area (Å²) in [6, 6.07) is 3.86. The van der Waals surface area contributed by atoms with Gasteiger partial charge in [-0.05, 0) is 32.0 Å². The van der Waals surface area contributed by atoms with E-state index in [9.17, 15) is 14.9 Å². The lowest BCUT2D eigenvalue weighted by atomic mass is 10.1. The lowest BCUT2D eigenvalue weighted by molar-refractivity contribution is -0.385. The molecule has 0 atom stereocenters. The molecular weight excluding hydrogens is 264 g/mol. The van der Waals surface area contributed by atoms with Gasteiger partial charge in [-0.1, -0.05) is 0 Å². The standard InChI is InChI=1S/C13H16N2O5/c1-14-6-4-9(5-7-14)20-10-2-3-11(13(16)17)12(8-10)15(18)19/h2-3,8-9H,4-7H2,1H3,(H,16,17). The molecule has 1 fully saturated rings. The van der Waals surface area contributed by atoms with Gasteiger partial charge in [0.2, 0.25) is 0 Å². The fourth-order valence-corrected chi connectivity index (χ4v) is 2.21. The Kier molecular flexibility index (Phi) is 4.19. The largest absolute Gasteiger partial charge is 0.490 e. The number of nitro groups is 1. The van der Waals surface area contributed by atoms with Crippen molar-refractivity contribution in [1.29, 1.82) is 0 Å². The lowest BCUT2D eigenvalue weighted by Crippen LogP contribution is -2.35. The van der Waals surface area contributed by atoms with Crippen LogP contribution < -0.4 is 4.74 Å². The van der Waals surface area contributed by atoms with E-state index >= 15 is 0 Å². The van der Waals surface area contributed by atoms with Gasteiger partial charge in [-0.25, -0.2) is 4.79 Å². The van der Waals surface area contributed by atoms with Crippen molar-refractivity contribution in [2.75, 3.05) is 20.1 Å². The van der Waals surface area contributed by atoms with Crippen molar-refractivity contribution in [2.45, 2.75) is 18.9 Å². The zero-order valence-electron chi connectivity index (χ0n) is 11.1. The van der Waals surface area contributed by atoms with Crippen molar-refractivity contribution in [3.05, 3.63) is 33.9 Å². The minimum absolute atomic E-state index is 0.0153. The van der Waals surface area contributed by atoms with Crippen LogP contribution in [0.15, 0.2) is 18.2 Å². The number of aromatic carboxylic acids is 1. The van der Waals surface area contributed by atoms with E-state index < -0.39 is 16.6 Å². The number of rotatable bonds is 4. The predicted molar refractivity (Wildman–Crippen MR) is 71.2 cm³/mol. The molecular formula is C13H16N2O5. The van der Waals surface area contributed by atoms with Crippen LogP contribution in [0.5, 0.6) is 5.75 Å². The van der Waals surface area contributed by atoms with Crippen LogP contribution in [-0.4, -0.2) is 47.1 Å². The Hall–Kier alpha value is -2.15. The number of nitro benzene ring substituents is 1. The molecule has 1 saturated heterocycles. The average Bonchev–Trinajstić information content (AvgIpc) is 2.41. The van der Waals surface area contributed by atoms with Crippen molar-refractivity contribution >= 4 is 11.7 Å². The zero-order chi connectivity index (χ0) is 14.7. The summed E-state index contributed by atoms with van der Waals surface area (Å²) in [5.74, 6) is -0.973. The number of benzene rings is 1. The van der Waals surface area contributed by atoms with E-state index in [0.29, 0.717) is 5.75 Å². The molecule has 1 heterocycles. The minimum Gasteiger partial charge on any atom is -0.490 e. The van der Waals surface area contributed by atoms with Crippen LogP contribution in [0.1, 0.15) is 23.2 Å². The van der Waals surface area contributed by atoms with Gasteiger partial charge in [0, 0.05) is 13.1 Å². The molecule has 0 aromatic heterocycles. The first-order chi connectivity index (χ1) is 9.47. The Bertz CT molecular complexity index is 523. The van der Waals surface area contributed by atoms with E-state index in [2.05, 4.69) is 4.90 Å². The first-order valence-electron chi connectivity index (χ1n) is 6.34. The summed E-state index contributed by atoms with van der Waals surface area (Å²) in [7, 11) is 2.03. The van der Waals surface area contributed by atoms with E-state index in [4.69, 9.17) is 9.84 Å². The lowest BCUT2D eigenvalue weighted by Gasteiger charge is -2.29. The third-order valence-electron chi connectivity index (χ3n) is 3.36. The molecule has 7 heteroatoms. The highest BCUT2D eigenvalue weighted by Gasteiger charge is 2.23. The summed E-state index contributed by atoms with van der Waals surface area (Å²) in [6.07, 6.45) is 1.72. The van der Waals surface area contributed by atoms with Crippen LogP contribution in [0, 0.1) is 10.1 Å². The van der Waals surface area contributed by atoms with Gasteiger partial charge in [-0.2, -0.15) is 0 Å². The number of piperidine rings is 1. The molecule has 1 aromatic rings. The monoisotopic (exact) mass is 280 g/mol. The molecule has 0 unspecified atom stereocenters. The third kappa shape index (κ3) is 3.24. The molecule has 0 amide bonds. The number of nitrogens with zero attached hydrogens (tertiary/aromatic N) is 2. The smallest absolute Gasteiger partial charge is 0.342 e. The summed E-state index contributed by atoms with van der Waals surface area (Å²) >= 11 is 0. The summed E-state index contributed by atoms with van der Waals surface area (Å²) < 4.78 is 5.71. The molecule has 1 N–H and O–H groups in total. The molecule has 1 aromatic carbocycles. The van der Waals surface area contributed by atoms with Crippen LogP contribution in [0.4, 0.5) is 5.69 Å². The van der Waals surface area contributed by atoms with Crippen LogP contribution in [0.2, 0.25) is 0 Å². The van der Waals surface area contributed by atoms with E-state index in [1.165, 1.54) is 18.2 Å². The second kappa shape index (κ2) is 5.87. The Morgan fingerprint density at radius 2 is 2.10 bits per heavy atom. The molecule has 108 valence electrons. The topological polar surface area (TPSA) is 92.9 Å². The molecule has 1 aliphatic rings. The average molecular weight is 280 g/mol. The van der Waals surface area contributed by atoms with Crippen LogP contribution in [0.3, 0.4) is 0 Å². The van der Waals surface area contributed by atoms with Gasteiger partial charge in [0.25, 0.3) is 5.69 Å². The Balaban J connectivity index is 2.15. The SMILES string of the molecule is CN1CCC(Oc2ccc(C(=O)O)c([N+](=O)[O-])c2)CC1. The van der Waals surface area contributed by atoms with Crippen molar-refractivity contribution in [3.8, 4) is 5.75 Å². The second-order valence-electron chi connectivity index (χ2n) is 4.86. The fourth-order valence-electron chi connectivity index (χ4n) is 2.21. The maximum Gasteiger partial charge on any atom is 0.342 e. The summed E-state index contributed by atoms with van der Waals surface area (Å²) in [4.78, 5) is 23.3. The normalized spacial score (nSPS) is 16.9. The van der Waals surface area contributed by atoms with E-state index in [-0.39, 0.29) is 11.7 Å². The molecule has 0 spiro atoms. The van der Waals surface area contributed by atoms with Crippen LogP contribution in [-0.2, 0) is 0 Å².